The highest BCUT2D eigenvalue weighted by molar-refractivity contribution is 5.78. The number of rotatable bonds is 4. The van der Waals surface area contributed by atoms with Crippen molar-refractivity contribution in [1.82, 2.24) is 9.38 Å². The predicted octanol–water partition coefficient (Wildman–Crippen LogP) is 4.29. The number of phenolic OH excluding ortho intramolecular Hbond substituents is 1. The molecule has 0 radical (unpaired) electrons. The van der Waals surface area contributed by atoms with E-state index < -0.39 is 0 Å². The minimum Gasteiger partial charge on any atom is -0.508 e. The van der Waals surface area contributed by atoms with Crippen LogP contribution in [0.3, 0.4) is 0 Å². The van der Waals surface area contributed by atoms with Crippen LogP contribution in [0.4, 0.5) is 17.1 Å². The summed E-state index contributed by atoms with van der Waals surface area (Å²) < 4.78 is 7.46. The Balaban J connectivity index is 1.43. The molecule has 29 heavy (non-hydrogen) atoms. The molecule has 0 atom stereocenters. The molecule has 0 saturated carbocycles. The molecule has 6 nitrogen and oxygen atoms in total. The number of pyridine rings is 1. The van der Waals surface area contributed by atoms with Crippen molar-refractivity contribution in [2.75, 3.05) is 36.5 Å². The van der Waals surface area contributed by atoms with Crippen LogP contribution in [0.15, 0.2) is 73.1 Å². The molecule has 146 valence electrons. The highest BCUT2D eigenvalue weighted by atomic mass is 16.5. The van der Waals surface area contributed by atoms with Crippen LogP contribution >= 0.6 is 0 Å². The largest absolute Gasteiger partial charge is 0.508 e. The second-order valence-corrected chi connectivity index (χ2v) is 7.07. The van der Waals surface area contributed by atoms with E-state index in [-0.39, 0.29) is 5.75 Å². The number of morpholine rings is 1. The molecule has 0 amide bonds. The van der Waals surface area contributed by atoms with Crippen molar-refractivity contribution in [2.45, 2.75) is 0 Å². The standard InChI is InChI=1S/C23H22N4O2/c28-20-3-1-2-17(16-20)22-9-8-21(23-24-10-11-27(22)23)25-18-4-6-19(7-5-18)26-12-14-29-15-13-26/h1-11,16,25,28H,12-15H2. The molecule has 1 aliphatic heterocycles. The van der Waals surface area contributed by atoms with E-state index in [1.165, 1.54) is 5.69 Å². The molecule has 0 bridgehead atoms. The maximum absolute atomic E-state index is 9.82. The molecule has 0 aliphatic carbocycles. The fourth-order valence-corrected chi connectivity index (χ4v) is 3.74. The highest BCUT2D eigenvalue weighted by Crippen LogP contribution is 2.29. The molecule has 2 aromatic heterocycles. The first-order valence-electron chi connectivity index (χ1n) is 9.73. The molecule has 4 aromatic rings. The third-order valence-electron chi connectivity index (χ3n) is 5.21. The summed E-state index contributed by atoms with van der Waals surface area (Å²) >= 11 is 0. The van der Waals surface area contributed by atoms with E-state index in [1.807, 2.05) is 34.9 Å². The Morgan fingerprint density at radius 1 is 0.966 bits per heavy atom. The minimum atomic E-state index is 0.248. The van der Waals surface area contributed by atoms with Crippen LogP contribution in [0.5, 0.6) is 5.75 Å². The zero-order valence-electron chi connectivity index (χ0n) is 16.0. The third-order valence-corrected chi connectivity index (χ3v) is 5.21. The number of ether oxygens (including phenoxy) is 1. The second kappa shape index (κ2) is 7.48. The van der Waals surface area contributed by atoms with Crippen molar-refractivity contribution < 1.29 is 9.84 Å². The number of aromatic hydroxyl groups is 1. The lowest BCUT2D eigenvalue weighted by molar-refractivity contribution is 0.122. The summed E-state index contributed by atoms with van der Waals surface area (Å²) in [6, 6.07) is 19.8. The number of anilines is 3. The third kappa shape index (κ3) is 3.50. The van der Waals surface area contributed by atoms with Crippen molar-refractivity contribution in [3.05, 3.63) is 73.1 Å². The van der Waals surface area contributed by atoms with Crippen LogP contribution in [-0.2, 0) is 4.74 Å². The van der Waals surface area contributed by atoms with Crippen molar-refractivity contribution in [3.63, 3.8) is 0 Å². The van der Waals surface area contributed by atoms with Gasteiger partial charge in [0.25, 0.3) is 0 Å². The molecule has 1 fully saturated rings. The predicted molar refractivity (Wildman–Crippen MR) is 115 cm³/mol. The van der Waals surface area contributed by atoms with Gasteiger partial charge in [-0.15, -0.1) is 0 Å². The van der Waals surface area contributed by atoms with E-state index in [0.29, 0.717) is 0 Å². The lowest BCUT2D eigenvalue weighted by atomic mass is 10.1. The Morgan fingerprint density at radius 3 is 2.59 bits per heavy atom. The second-order valence-electron chi connectivity index (χ2n) is 7.07. The Labute approximate surface area is 169 Å². The molecule has 1 aliphatic rings. The first-order chi connectivity index (χ1) is 14.3. The van der Waals surface area contributed by atoms with Gasteiger partial charge in [0, 0.05) is 42.4 Å². The van der Waals surface area contributed by atoms with E-state index in [0.717, 1.165) is 54.6 Å². The van der Waals surface area contributed by atoms with Gasteiger partial charge in [0.05, 0.1) is 24.6 Å². The van der Waals surface area contributed by atoms with Crippen molar-refractivity contribution >= 4 is 22.7 Å². The van der Waals surface area contributed by atoms with E-state index in [2.05, 4.69) is 39.5 Å². The summed E-state index contributed by atoms with van der Waals surface area (Å²) in [5, 5.41) is 13.3. The van der Waals surface area contributed by atoms with Crippen molar-refractivity contribution in [2.24, 2.45) is 0 Å². The number of benzene rings is 2. The molecular formula is C23H22N4O2. The number of phenols is 1. The number of nitrogens with zero attached hydrogens (tertiary/aromatic N) is 3. The summed E-state index contributed by atoms with van der Waals surface area (Å²) in [5.74, 6) is 0.248. The summed E-state index contributed by atoms with van der Waals surface area (Å²) in [5.41, 5.74) is 5.90. The first kappa shape index (κ1) is 17.6. The zero-order valence-corrected chi connectivity index (χ0v) is 16.0. The fraction of sp³-hybridized carbons (Fsp3) is 0.174. The molecule has 5 rings (SSSR count). The average molecular weight is 386 g/mol. The summed E-state index contributed by atoms with van der Waals surface area (Å²) in [6.45, 7) is 3.42. The summed E-state index contributed by atoms with van der Waals surface area (Å²) in [4.78, 5) is 6.87. The van der Waals surface area contributed by atoms with Gasteiger partial charge in [-0.25, -0.2) is 4.98 Å². The molecule has 3 heterocycles. The Bertz CT molecular complexity index is 1130. The molecule has 6 heteroatoms. The van der Waals surface area contributed by atoms with Gasteiger partial charge in [-0.2, -0.15) is 0 Å². The van der Waals surface area contributed by atoms with Gasteiger partial charge in [-0.05, 0) is 48.5 Å². The van der Waals surface area contributed by atoms with Gasteiger partial charge in [-0.3, -0.25) is 4.40 Å². The molecule has 0 unspecified atom stereocenters. The van der Waals surface area contributed by atoms with Crippen molar-refractivity contribution in [1.29, 1.82) is 0 Å². The van der Waals surface area contributed by atoms with Crippen LogP contribution in [0.2, 0.25) is 0 Å². The van der Waals surface area contributed by atoms with Gasteiger partial charge in [0.15, 0.2) is 5.65 Å². The van der Waals surface area contributed by atoms with Gasteiger partial charge in [0.1, 0.15) is 5.75 Å². The van der Waals surface area contributed by atoms with Crippen LogP contribution in [0.1, 0.15) is 0 Å². The van der Waals surface area contributed by atoms with E-state index in [4.69, 9.17) is 4.74 Å². The Hall–Kier alpha value is -3.51. The number of fused-ring (bicyclic) bond motifs is 1. The number of hydrogen-bond donors (Lipinski definition) is 2. The molecule has 1 saturated heterocycles. The van der Waals surface area contributed by atoms with Crippen LogP contribution in [0, 0.1) is 0 Å². The maximum atomic E-state index is 9.82. The monoisotopic (exact) mass is 386 g/mol. The molecule has 0 spiro atoms. The van der Waals surface area contributed by atoms with Crippen molar-refractivity contribution in [3.8, 4) is 17.0 Å². The van der Waals surface area contributed by atoms with Gasteiger partial charge >= 0.3 is 0 Å². The maximum Gasteiger partial charge on any atom is 0.161 e. The summed E-state index contributed by atoms with van der Waals surface area (Å²) in [7, 11) is 0. The van der Waals surface area contributed by atoms with Gasteiger partial charge < -0.3 is 20.1 Å². The van der Waals surface area contributed by atoms with E-state index >= 15 is 0 Å². The number of hydrogen-bond acceptors (Lipinski definition) is 5. The molecule has 2 aromatic carbocycles. The smallest absolute Gasteiger partial charge is 0.161 e. The Kier molecular flexibility index (Phi) is 4.54. The lowest BCUT2D eigenvalue weighted by Crippen LogP contribution is -2.36. The quantitative estimate of drug-likeness (QED) is 0.548. The normalized spacial score (nSPS) is 14.3. The van der Waals surface area contributed by atoms with Crippen LogP contribution in [-0.4, -0.2) is 40.8 Å². The lowest BCUT2D eigenvalue weighted by Gasteiger charge is -2.29. The summed E-state index contributed by atoms with van der Waals surface area (Å²) in [6.07, 6.45) is 3.72. The van der Waals surface area contributed by atoms with Crippen LogP contribution < -0.4 is 10.2 Å². The topological polar surface area (TPSA) is 62.0 Å². The van der Waals surface area contributed by atoms with E-state index in [1.54, 1.807) is 18.3 Å². The van der Waals surface area contributed by atoms with E-state index in [9.17, 15) is 5.11 Å². The highest BCUT2D eigenvalue weighted by Gasteiger charge is 2.12. The number of aromatic nitrogens is 2. The molecular weight excluding hydrogens is 364 g/mol. The minimum absolute atomic E-state index is 0.248. The van der Waals surface area contributed by atoms with Gasteiger partial charge in [-0.1, -0.05) is 12.1 Å². The first-order valence-corrected chi connectivity index (χ1v) is 9.73. The average Bonchev–Trinajstić information content (AvgIpc) is 3.26. The SMILES string of the molecule is Oc1cccc(-c2ccc(Nc3ccc(N4CCOCC4)cc3)c3nccn23)c1. The Morgan fingerprint density at radius 2 is 1.79 bits per heavy atom. The zero-order chi connectivity index (χ0) is 19.6. The molecule has 2 N–H and O–H groups in total. The van der Waals surface area contributed by atoms with Gasteiger partial charge in [0.2, 0.25) is 0 Å². The van der Waals surface area contributed by atoms with Crippen LogP contribution in [0.25, 0.3) is 16.9 Å². The number of nitrogens with one attached hydrogen (secondary N) is 1. The number of imidazole rings is 1. The fourth-order valence-electron chi connectivity index (χ4n) is 3.74.